The van der Waals surface area contributed by atoms with E-state index in [1.807, 2.05) is 24.4 Å². The largest absolute Gasteiger partial charge is 0.371 e. The van der Waals surface area contributed by atoms with E-state index in [-0.39, 0.29) is 6.04 Å². The Labute approximate surface area is 125 Å². The van der Waals surface area contributed by atoms with Crippen LogP contribution in [0.2, 0.25) is 0 Å². The number of pyridine rings is 1. The van der Waals surface area contributed by atoms with E-state index in [1.54, 1.807) is 0 Å². The van der Waals surface area contributed by atoms with Gasteiger partial charge in [-0.05, 0) is 23.8 Å². The molecule has 0 amide bonds. The molecule has 3 rings (SSSR count). The standard InChI is InChI=1S/C18H19N3/c1-2-7-15(8-3-1)17-10-6-11-18(21-17)20-14-12-16-9-4-5-13-19-16/h1-11,13,17,20-21H,12,14H2. The Morgan fingerprint density at radius 2 is 1.90 bits per heavy atom. The van der Waals surface area contributed by atoms with Gasteiger partial charge in [0.1, 0.15) is 0 Å². The molecule has 3 heteroatoms. The lowest BCUT2D eigenvalue weighted by molar-refractivity contribution is 0.622. The molecule has 0 spiro atoms. The minimum Gasteiger partial charge on any atom is -0.371 e. The summed E-state index contributed by atoms with van der Waals surface area (Å²) in [6, 6.07) is 16.7. The molecule has 1 aliphatic heterocycles. The van der Waals surface area contributed by atoms with Crippen molar-refractivity contribution in [2.75, 3.05) is 6.54 Å². The van der Waals surface area contributed by atoms with E-state index in [1.165, 1.54) is 5.56 Å². The number of nitrogens with zero attached hydrogens (tertiary/aromatic N) is 1. The molecule has 0 fully saturated rings. The van der Waals surface area contributed by atoms with Crippen molar-refractivity contribution in [1.82, 2.24) is 15.6 Å². The first-order valence-electron chi connectivity index (χ1n) is 7.25. The number of dihydropyridines is 1. The highest BCUT2D eigenvalue weighted by atomic mass is 15.1. The van der Waals surface area contributed by atoms with Crippen LogP contribution in [0.5, 0.6) is 0 Å². The lowest BCUT2D eigenvalue weighted by Gasteiger charge is -2.23. The second-order valence-corrected chi connectivity index (χ2v) is 5.00. The number of aromatic nitrogens is 1. The molecule has 1 atom stereocenters. The van der Waals surface area contributed by atoms with Gasteiger partial charge in [0.15, 0.2) is 0 Å². The van der Waals surface area contributed by atoms with Gasteiger partial charge in [0.25, 0.3) is 0 Å². The van der Waals surface area contributed by atoms with Crippen molar-refractivity contribution in [3.05, 3.63) is 90.0 Å². The number of allylic oxidation sites excluding steroid dienone is 2. The zero-order valence-electron chi connectivity index (χ0n) is 11.9. The zero-order chi connectivity index (χ0) is 14.3. The molecule has 2 heterocycles. The van der Waals surface area contributed by atoms with Crippen LogP contribution in [-0.4, -0.2) is 11.5 Å². The van der Waals surface area contributed by atoms with Crippen molar-refractivity contribution < 1.29 is 0 Å². The fourth-order valence-electron chi connectivity index (χ4n) is 2.36. The Kier molecular flexibility index (Phi) is 4.32. The SMILES string of the molecule is C1=CC(c2ccccc2)NC(NCCc2ccccn2)=C1. The Bertz CT molecular complexity index is 617. The van der Waals surface area contributed by atoms with Crippen molar-refractivity contribution in [3.8, 4) is 0 Å². The maximum absolute atomic E-state index is 4.33. The summed E-state index contributed by atoms with van der Waals surface area (Å²) in [7, 11) is 0. The third kappa shape index (κ3) is 3.72. The summed E-state index contributed by atoms with van der Waals surface area (Å²) < 4.78 is 0. The molecule has 1 aromatic heterocycles. The zero-order valence-corrected chi connectivity index (χ0v) is 11.9. The molecule has 106 valence electrons. The van der Waals surface area contributed by atoms with Gasteiger partial charge in [-0.3, -0.25) is 4.98 Å². The molecule has 2 N–H and O–H groups in total. The van der Waals surface area contributed by atoms with E-state index in [2.05, 4.69) is 64.2 Å². The topological polar surface area (TPSA) is 37.0 Å². The number of hydrogen-bond acceptors (Lipinski definition) is 3. The van der Waals surface area contributed by atoms with Crippen LogP contribution in [0.4, 0.5) is 0 Å². The molecule has 0 saturated carbocycles. The maximum Gasteiger partial charge on any atom is 0.0993 e. The Morgan fingerprint density at radius 3 is 2.71 bits per heavy atom. The lowest BCUT2D eigenvalue weighted by atomic mass is 10.1. The minimum absolute atomic E-state index is 0.230. The Hall–Kier alpha value is -2.55. The summed E-state index contributed by atoms with van der Waals surface area (Å²) >= 11 is 0. The molecule has 1 aromatic carbocycles. The van der Waals surface area contributed by atoms with Crippen LogP contribution in [0.25, 0.3) is 0 Å². The first-order chi connectivity index (χ1) is 10.4. The first kappa shape index (κ1) is 13.4. The van der Waals surface area contributed by atoms with Gasteiger partial charge in [-0.25, -0.2) is 0 Å². The third-order valence-electron chi connectivity index (χ3n) is 3.46. The van der Waals surface area contributed by atoms with E-state index >= 15 is 0 Å². The van der Waals surface area contributed by atoms with Crippen LogP contribution in [0.1, 0.15) is 17.3 Å². The fraction of sp³-hybridized carbons (Fsp3) is 0.167. The molecule has 0 radical (unpaired) electrons. The lowest BCUT2D eigenvalue weighted by Crippen LogP contribution is -2.31. The van der Waals surface area contributed by atoms with Crippen LogP contribution in [-0.2, 0) is 6.42 Å². The molecule has 2 aromatic rings. The van der Waals surface area contributed by atoms with Gasteiger partial charge in [0, 0.05) is 24.9 Å². The predicted octanol–water partition coefficient (Wildman–Crippen LogP) is 2.96. The normalized spacial score (nSPS) is 17.0. The highest BCUT2D eigenvalue weighted by molar-refractivity contribution is 5.29. The van der Waals surface area contributed by atoms with Gasteiger partial charge in [0.2, 0.25) is 0 Å². The number of hydrogen-bond donors (Lipinski definition) is 2. The van der Waals surface area contributed by atoms with E-state index in [0.29, 0.717) is 0 Å². The number of nitrogens with one attached hydrogen (secondary N) is 2. The van der Waals surface area contributed by atoms with E-state index in [9.17, 15) is 0 Å². The van der Waals surface area contributed by atoms with Crippen LogP contribution in [0.3, 0.4) is 0 Å². The fourth-order valence-corrected chi connectivity index (χ4v) is 2.36. The summed E-state index contributed by atoms with van der Waals surface area (Å²) in [6.45, 7) is 0.866. The quantitative estimate of drug-likeness (QED) is 0.882. The molecule has 3 nitrogen and oxygen atoms in total. The molecule has 21 heavy (non-hydrogen) atoms. The summed E-state index contributed by atoms with van der Waals surface area (Å²) in [4.78, 5) is 4.33. The molecular weight excluding hydrogens is 258 g/mol. The minimum atomic E-state index is 0.230. The van der Waals surface area contributed by atoms with Crippen molar-refractivity contribution in [2.45, 2.75) is 12.5 Å². The maximum atomic E-state index is 4.33. The van der Waals surface area contributed by atoms with Crippen LogP contribution in [0.15, 0.2) is 78.8 Å². The van der Waals surface area contributed by atoms with Gasteiger partial charge >= 0.3 is 0 Å². The van der Waals surface area contributed by atoms with E-state index in [0.717, 1.165) is 24.5 Å². The highest BCUT2D eigenvalue weighted by Gasteiger charge is 2.11. The number of benzene rings is 1. The summed E-state index contributed by atoms with van der Waals surface area (Å²) in [5, 5.41) is 6.93. The monoisotopic (exact) mass is 277 g/mol. The van der Waals surface area contributed by atoms with Crippen molar-refractivity contribution in [3.63, 3.8) is 0 Å². The molecular formula is C18H19N3. The second-order valence-electron chi connectivity index (χ2n) is 5.00. The van der Waals surface area contributed by atoms with Crippen molar-refractivity contribution >= 4 is 0 Å². The second kappa shape index (κ2) is 6.75. The first-order valence-corrected chi connectivity index (χ1v) is 7.25. The Balaban J connectivity index is 1.53. The summed E-state index contributed by atoms with van der Waals surface area (Å²) in [5.41, 5.74) is 2.38. The Morgan fingerprint density at radius 1 is 1.05 bits per heavy atom. The van der Waals surface area contributed by atoms with Gasteiger partial charge in [0.05, 0.1) is 11.9 Å². The smallest absolute Gasteiger partial charge is 0.0993 e. The van der Waals surface area contributed by atoms with Gasteiger partial charge < -0.3 is 10.6 Å². The van der Waals surface area contributed by atoms with E-state index < -0.39 is 0 Å². The van der Waals surface area contributed by atoms with Crippen LogP contribution in [0, 0.1) is 0 Å². The average Bonchev–Trinajstić information content (AvgIpc) is 2.57. The highest BCUT2D eigenvalue weighted by Crippen LogP contribution is 2.17. The molecule has 1 aliphatic rings. The number of rotatable bonds is 5. The average molecular weight is 277 g/mol. The molecule has 0 aliphatic carbocycles. The van der Waals surface area contributed by atoms with Gasteiger partial charge in [-0.2, -0.15) is 0 Å². The van der Waals surface area contributed by atoms with Crippen molar-refractivity contribution in [1.29, 1.82) is 0 Å². The van der Waals surface area contributed by atoms with Crippen molar-refractivity contribution in [2.24, 2.45) is 0 Å². The van der Waals surface area contributed by atoms with Gasteiger partial charge in [-0.15, -0.1) is 0 Å². The van der Waals surface area contributed by atoms with Crippen LogP contribution < -0.4 is 10.6 Å². The van der Waals surface area contributed by atoms with Crippen LogP contribution >= 0.6 is 0 Å². The molecule has 1 unspecified atom stereocenters. The summed E-state index contributed by atoms with van der Waals surface area (Å²) in [6.07, 6.45) is 9.08. The molecule has 0 saturated heterocycles. The predicted molar refractivity (Wildman–Crippen MR) is 85.5 cm³/mol. The van der Waals surface area contributed by atoms with E-state index in [4.69, 9.17) is 0 Å². The third-order valence-corrected chi connectivity index (χ3v) is 3.46. The van der Waals surface area contributed by atoms with Gasteiger partial charge in [-0.1, -0.05) is 48.6 Å². The molecule has 0 bridgehead atoms. The summed E-state index contributed by atoms with van der Waals surface area (Å²) in [5.74, 6) is 1.06.